The molecule has 222 valence electrons. The van der Waals surface area contributed by atoms with Crippen molar-refractivity contribution in [1.82, 2.24) is 19.8 Å². The average Bonchev–Trinajstić information content (AvgIpc) is 3.45. The third-order valence-corrected chi connectivity index (χ3v) is 9.66. The Labute approximate surface area is 250 Å². The van der Waals surface area contributed by atoms with Gasteiger partial charge in [0.15, 0.2) is 15.7 Å². The molecule has 3 heterocycles. The Bertz CT molecular complexity index is 1660. The average molecular weight is 613 g/mol. The number of halogens is 1. The number of likely N-dealkylation sites (tertiary alicyclic amines) is 1. The summed E-state index contributed by atoms with van der Waals surface area (Å²) in [5.74, 6) is -0.0326. The van der Waals surface area contributed by atoms with Crippen LogP contribution >= 0.6 is 11.6 Å². The molecule has 5 rings (SSSR count). The number of hydrogen-bond donors (Lipinski definition) is 2. The molecule has 11 nitrogen and oxygen atoms in total. The lowest BCUT2D eigenvalue weighted by Gasteiger charge is -2.21. The summed E-state index contributed by atoms with van der Waals surface area (Å²) in [6.45, 7) is 8.38. The molecule has 1 unspecified atom stereocenters. The Morgan fingerprint density at radius 2 is 1.71 bits per heavy atom. The van der Waals surface area contributed by atoms with Crippen LogP contribution in [-0.4, -0.2) is 77.5 Å². The summed E-state index contributed by atoms with van der Waals surface area (Å²) in [6, 6.07) is 9.49. The molecule has 13 heteroatoms. The van der Waals surface area contributed by atoms with Crippen LogP contribution in [0.3, 0.4) is 0 Å². The second kappa shape index (κ2) is 11.5. The summed E-state index contributed by atoms with van der Waals surface area (Å²) in [7, 11) is -1.63. The molecule has 42 heavy (non-hydrogen) atoms. The maximum Gasteiger partial charge on any atom is 0.261 e. The largest absolute Gasteiger partial charge is 0.489 e. The van der Waals surface area contributed by atoms with Crippen molar-refractivity contribution >= 4 is 56.4 Å². The molecule has 0 spiro atoms. The summed E-state index contributed by atoms with van der Waals surface area (Å²) in [5, 5.41) is 5.67. The van der Waals surface area contributed by atoms with Gasteiger partial charge in [-0.3, -0.25) is 14.5 Å². The van der Waals surface area contributed by atoms with E-state index in [0.717, 1.165) is 13.0 Å². The zero-order valence-electron chi connectivity index (χ0n) is 24.0. The van der Waals surface area contributed by atoms with Gasteiger partial charge in [0.25, 0.3) is 11.8 Å². The quantitative estimate of drug-likeness (QED) is 0.322. The highest BCUT2D eigenvalue weighted by Crippen LogP contribution is 2.38. The number of carbonyl (C=O) groups excluding carboxylic acids is 2. The Balaban J connectivity index is 1.48. The summed E-state index contributed by atoms with van der Waals surface area (Å²) < 4.78 is 31.9. The smallest absolute Gasteiger partial charge is 0.261 e. The van der Waals surface area contributed by atoms with Crippen LogP contribution in [0.4, 0.5) is 23.1 Å². The molecule has 1 fully saturated rings. The first-order chi connectivity index (χ1) is 19.9. The predicted octanol–water partition coefficient (Wildman–Crippen LogP) is 4.89. The molecule has 2 aliphatic rings. The van der Waals surface area contributed by atoms with Gasteiger partial charge >= 0.3 is 0 Å². The van der Waals surface area contributed by atoms with Gasteiger partial charge in [0.2, 0.25) is 5.95 Å². The van der Waals surface area contributed by atoms with Crippen LogP contribution < -0.4 is 15.4 Å². The number of benzene rings is 2. The number of nitrogens with one attached hydrogen (secondary N) is 2. The summed E-state index contributed by atoms with van der Waals surface area (Å²) in [5.41, 5.74) is 1.28. The van der Waals surface area contributed by atoms with E-state index in [-0.39, 0.29) is 56.8 Å². The highest BCUT2D eigenvalue weighted by Gasteiger charge is 2.42. The number of fused-ring (bicyclic) bond motifs is 1. The lowest BCUT2D eigenvalue weighted by atomic mass is 10.1. The molecule has 0 saturated carbocycles. The number of nitrogens with zero attached hydrogens (tertiary/aromatic N) is 4. The fourth-order valence-corrected chi connectivity index (χ4v) is 6.36. The number of anilines is 4. The van der Waals surface area contributed by atoms with Gasteiger partial charge < -0.3 is 20.3 Å². The lowest BCUT2D eigenvalue weighted by Crippen LogP contribution is -2.41. The van der Waals surface area contributed by atoms with Crippen molar-refractivity contribution in [2.45, 2.75) is 56.4 Å². The number of amides is 2. The number of carbonyl (C=O) groups is 2. The van der Waals surface area contributed by atoms with E-state index in [2.05, 4.69) is 25.5 Å². The molecule has 1 aromatic heterocycles. The van der Waals surface area contributed by atoms with Crippen molar-refractivity contribution in [1.29, 1.82) is 0 Å². The Morgan fingerprint density at radius 3 is 2.36 bits per heavy atom. The van der Waals surface area contributed by atoms with Crippen LogP contribution in [0.25, 0.3) is 0 Å². The highest BCUT2D eigenvalue weighted by atomic mass is 35.5. The normalized spacial score (nSPS) is 17.3. The number of likely N-dealkylation sites (N-methyl/N-ethyl adjacent to an activating group) is 1. The SMILES string of the molecule is CC(C)Oc1cc2c(cc1Nc1ncc(Cl)c(Nc3ccccc3S(=O)(=O)C(C)C)n1)C(=O)N(C1CCN(C)C1)C2=O. The minimum absolute atomic E-state index is 0.116. The molecule has 0 aliphatic carbocycles. The molecular weight excluding hydrogens is 580 g/mol. The van der Waals surface area contributed by atoms with Gasteiger partial charge in [-0.05, 0) is 72.0 Å². The van der Waals surface area contributed by atoms with Crippen molar-refractivity contribution in [3.63, 3.8) is 0 Å². The minimum atomic E-state index is -3.59. The zero-order chi connectivity index (χ0) is 30.3. The van der Waals surface area contributed by atoms with E-state index in [1.54, 1.807) is 44.2 Å². The van der Waals surface area contributed by atoms with Gasteiger partial charge in [0.1, 0.15) is 10.8 Å². The van der Waals surface area contributed by atoms with E-state index in [1.165, 1.54) is 17.2 Å². The van der Waals surface area contributed by atoms with Crippen LogP contribution in [-0.2, 0) is 9.84 Å². The molecule has 3 aromatic rings. The van der Waals surface area contributed by atoms with E-state index < -0.39 is 15.1 Å². The predicted molar refractivity (Wildman–Crippen MR) is 161 cm³/mol. The Morgan fingerprint density at radius 1 is 1.02 bits per heavy atom. The standard InChI is InChI=1S/C29H33ClN6O5S/c1-16(2)41-24-13-20-19(27(37)36(28(20)38)18-10-11-35(5)15-18)12-23(24)33-29-31-14-21(30)26(34-29)32-22-8-6-7-9-25(22)42(39,40)17(3)4/h6-9,12-14,16-18H,10-11,15H2,1-5H3,(H2,31,32,33,34). The number of aromatic nitrogens is 2. The van der Waals surface area contributed by atoms with Gasteiger partial charge in [-0.2, -0.15) is 4.98 Å². The fraction of sp³-hybridized carbons (Fsp3) is 0.379. The van der Waals surface area contributed by atoms with Crippen molar-refractivity contribution in [3.05, 3.63) is 58.7 Å². The first-order valence-corrected chi connectivity index (χ1v) is 15.6. The van der Waals surface area contributed by atoms with E-state index in [9.17, 15) is 18.0 Å². The van der Waals surface area contributed by atoms with E-state index >= 15 is 0 Å². The molecule has 0 radical (unpaired) electrons. The summed E-state index contributed by atoms with van der Waals surface area (Å²) in [6.07, 6.45) is 1.87. The Hall–Kier alpha value is -3.74. The molecule has 1 atom stereocenters. The van der Waals surface area contributed by atoms with E-state index in [1.807, 2.05) is 20.9 Å². The molecule has 2 amide bonds. The van der Waals surface area contributed by atoms with Crippen LogP contribution in [0.2, 0.25) is 5.02 Å². The number of sulfone groups is 1. The first kappa shape index (κ1) is 29.7. The minimum Gasteiger partial charge on any atom is -0.489 e. The van der Waals surface area contributed by atoms with Crippen molar-refractivity contribution in [2.75, 3.05) is 30.8 Å². The summed E-state index contributed by atoms with van der Waals surface area (Å²) in [4.78, 5) is 39.1. The van der Waals surface area contributed by atoms with Gasteiger partial charge in [-0.1, -0.05) is 23.7 Å². The second-order valence-corrected chi connectivity index (χ2v) is 13.9. The molecule has 2 aromatic carbocycles. The number of imide groups is 1. The van der Waals surface area contributed by atoms with Crippen molar-refractivity contribution in [2.24, 2.45) is 0 Å². The van der Waals surface area contributed by atoms with Gasteiger partial charge in [0, 0.05) is 6.54 Å². The highest BCUT2D eigenvalue weighted by molar-refractivity contribution is 7.92. The second-order valence-electron chi connectivity index (χ2n) is 11.0. The zero-order valence-corrected chi connectivity index (χ0v) is 25.6. The number of ether oxygens (including phenoxy) is 1. The summed E-state index contributed by atoms with van der Waals surface area (Å²) >= 11 is 6.40. The van der Waals surface area contributed by atoms with Gasteiger partial charge in [-0.25, -0.2) is 13.4 Å². The number of hydrogen-bond acceptors (Lipinski definition) is 10. The monoisotopic (exact) mass is 612 g/mol. The molecular formula is C29H33ClN6O5S. The maximum absolute atomic E-state index is 13.4. The van der Waals surface area contributed by atoms with Crippen LogP contribution in [0, 0.1) is 0 Å². The van der Waals surface area contributed by atoms with Gasteiger partial charge in [0.05, 0.1) is 51.0 Å². The van der Waals surface area contributed by atoms with Crippen LogP contribution in [0.1, 0.15) is 54.8 Å². The fourth-order valence-electron chi connectivity index (χ4n) is 5.02. The first-order valence-electron chi connectivity index (χ1n) is 13.7. The number of rotatable bonds is 9. The molecule has 2 aliphatic heterocycles. The third-order valence-electron chi connectivity index (χ3n) is 7.17. The molecule has 1 saturated heterocycles. The molecule has 0 bridgehead atoms. The topological polar surface area (TPSA) is 134 Å². The molecule has 2 N–H and O–H groups in total. The van der Waals surface area contributed by atoms with Crippen LogP contribution in [0.5, 0.6) is 5.75 Å². The third kappa shape index (κ3) is 5.66. The van der Waals surface area contributed by atoms with Crippen molar-refractivity contribution < 1.29 is 22.7 Å². The van der Waals surface area contributed by atoms with Crippen LogP contribution in [0.15, 0.2) is 47.5 Å². The van der Waals surface area contributed by atoms with Crippen molar-refractivity contribution in [3.8, 4) is 5.75 Å². The Kier molecular flexibility index (Phi) is 8.15. The maximum atomic E-state index is 13.4. The van der Waals surface area contributed by atoms with E-state index in [0.29, 0.717) is 23.7 Å². The van der Waals surface area contributed by atoms with E-state index in [4.69, 9.17) is 16.3 Å². The lowest BCUT2D eigenvalue weighted by molar-refractivity contribution is 0.0590. The van der Waals surface area contributed by atoms with Gasteiger partial charge in [-0.15, -0.1) is 0 Å². The number of para-hydroxylation sites is 1.